The zero-order chi connectivity index (χ0) is 20.9. The van der Waals surface area contributed by atoms with Gasteiger partial charge in [-0.15, -0.1) is 0 Å². The molecule has 0 radical (unpaired) electrons. The van der Waals surface area contributed by atoms with Gasteiger partial charge in [0.05, 0.1) is 10.8 Å². The SMILES string of the molecule is C[C@H]1CC[C@H](C2CCC3(CC2)C(=O)C2(CCC([C@H]4CC[C@H](C)CC4)CC2)C3=O)CC1. The van der Waals surface area contributed by atoms with Gasteiger partial charge in [0.2, 0.25) is 0 Å². The Morgan fingerprint density at radius 3 is 1.03 bits per heavy atom. The Labute approximate surface area is 184 Å². The molecule has 5 saturated carbocycles. The van der Waals surface area contributed by atoms with E-state index in [1.807, 2.05) is 0 Å². The quantitative estimate of drug-likeness (QED) is 0.451. The predicted octanol–water partition coefficient (Wildman–Crippen LogP) is 7.14. The summed E-state index contributed by atoms with van der Waals surface area (Å²) in [5.41, 5.74) is -1.07. The van der Waals surface area contributed by atoms with Crippen molar-refractivity contribution in [1.82, 2.24) is 0 Å². The van der Waals surface area contributed by atoms with Crippen LogP contribution in [0, 0.1) is 46.3 Å². The molecule has 30 heavy (non-hydrogen) atoms. The number of rotatable bonds is 2. The zero-order valence-electron chi connectivity index (χ0n) is 19.6. The third-order valence-electron chi connectivity index (χ3n) is 11.0. The number of ketones is 2. The summed E-state index contributed by atoms with van der Waals surface area (Å²) in [6.07, 6.45) is 19.1. The Morgan fingerprint density at radius 2 is 0.733 bits per heavy atom. The molecule has 0 unspecified atom stereocenters. The highest BCUT2D eigenvalue weighted by Gasteiger charge is 2.71. The molecule has 0 amide bonds. The van der Waals surface area contributed by atoms with Gasteiger partial charge in [-0.1, -0.05) is 39.5 Å². The summed E-state index contributed by atoms with van der Waals surface area (Å²) in [6.45, 7) is 4.78. The molecule has 0 heterocycles. The molecule has 0 saturated heterocycles. The first kappa shape index (κ1) is 21.2. The van der Waals surface area contributed by atoms with E-state index in [4.69, 9.17) is 0 Å². The van der Waals surface area contributed by atoms with Gasteiger partial charge >= 0.3 is 0 Å². The molecule has 5 aliphatic carbocycles. The molecular weight excluding hydrogens is 368 g/mol. The van der Waals surface area contributed by atoms with Crippen LogP contribution in [0.25, 0.3) is 0 Å². The van der Waals surface area contributed by atoms with Crippen molar-refractivity contribution in [2.75, 3.05) is 0 Å². The fourth-order valence-electron chi connectivity index (χ4n) is 8.69. The molecule has 5 aliphatic rings. The fraction of sp³-hybridized carbons (Fsp3) is 0.929. The summed E-state index contributed by atoms with van der Waals surface area (Å²) in [5, 5.41) is 0. The van der Waals surface area contributed by atoms with Gasteiger partial charge in [-0.25, -0.2) is 0 Å². The van der Waals surface area contributed by atoms with E-state index >= 15 is 0 Å². The summed E-state index contributed by atoms with van der Waals surface area (Å²) in [6, 6.07) is 0. The lowest BCUT2D eigenvalue weighted by molar-refractivity contribution is -0.179. The van der Waals surface area contributed by atoms with Gasteiger partial charge in [0.1, 0.15) is 0 Å². The van der Waals surface area contributed by atoms with Crippen LogP contribution in [0.15, 0.2) is 0 Å². The third-order valence-corrected chi connectivity index (χ3v) is 11.0. The summed E-state index contributed by atoms with van der Waals surface area (Å²) in [7, 11) is 0. The van der Waals surface area contributed by atoms with Gasteiger partial charge < -0.3 is 0 Å². The average molecular weight is 413 g/mol. The first-order valence-corrected chi connectivity index (χ1v) is 13.5. The lowest BCUT2D eigenvalue weighted by Gasteiger charge is -2.58. The van der Waals surface area contributed by atoms with Crippen molar-refractivity contribution in [1.29, 1.82) is 0 Å². The summed E-state index contributed by atoms with van der Waals surface area (Å²) >= 11 is 0. The minimum Gasteiger partial charge on any atom is -0.297 e. The van der Waals surface area contributed by atoms with Gasteiger partial charge in [-0.3, -0.25) is 9.59 Å². The zero-order valence-corrected chi connectivity index (χ0v) is 19.6. The van der Waals surface area contributed by atoms with Crippen LogP contribution in [0.1, 0.15) is 117 Å². The van der Waals surface area contributed by atoms with Crippen LogP contribution in [0.2, 0.25) is 0 Å². The van der Waals surface area contributed by atoms with Gasteiger partial charge in [-0.05, 0) is 113 Å². The van der Waals surface area contributed by atoms with Gasteiger partial charge in [0.25, 0.3) is 0 Å². The van der Waals surface area contributed by atoms with E-state index in [1.165, 1.54) is 51.4 Å². The molecular formula is C28H44O2. The maximum absolute atomic E-state index is 13.6. The van der Waals surface area contributed by atoms with Crippen molar-refractivity contribution in [2.45, 2.75) is 117 Å². The molecule has 2 spiro atoms. The highest BCUT2D eigenvalue weighted by molar-refractivity contribution is 6.30. The van der Waals surface area contributed by atoms with Crippen molar-refractivity contribution in [3.8, 4) is 0 Å². The van der Waals surface area contributed by atoms with E-state index in [1.54, 1.807) is 0 Å². The van der Waals surface area contributed by atoms with Crippen LogP contribution in [-0.2, 0) is 9.59 Å². The van der Waals surface area contributed by atoms with Crippen LogP contribution >= 0.6 is 0 Å². The molecule has 5 rings (SSSR count). The molecule has 2 heteroatoms. The lowest BCUT2D eigenvalue weighted by Crippen LogP contribution is -2.68. The van der Waals surface area contributed by atoms with Gasteiger partial charge in [-0.2, -0.15) is 0 Å². The molecule has 5 fully saturated rings. The van der Waals surface area contributed by atoms with Crippen LogP contribution in [0.5, 0.6) is 0 Å². The Morgan fingerprint density at radius 1 is 0.467 bits per heavy atom. The van der Waals surface area contributed by atoms with E-state index in [9.17, 15) is 9.59 Å². The first-order chi connectivity index (χ1) is 14.4. The molecule has 2 nitrogen and oxygen atoms in total. The summed E-state index contributed by atoms with van der Waals surface area (Å²) in [5.74, 6) is 5.89. The van der Waals surface area contributed by atoms with Crippen LogP contribution in [0.4, 0.5) is 0 Å². The number of hydrogen-bond acceptors (Lipinski definition) is 2. The van der Waals surface area contributed by atoms with Crippen molar-refractivity contribution < 1.29 is 9.59 Å². The van der Waals surface area contributed by atoms with E-state index in [0.717, 1.165) is 86.9 Å². The molecule has 0 atom stereocenters. The van der Waals surface area contributed by atoms with E-state index in [0.29, 0.717) is 11.6 Å². The smallest absolute Gasteiger partial charge is 0.159 e. The number of carbonyl (C=O) groups is 2. The second-order valence-electron chi connectivity index (χ2n) is 12.5. The largest absolute Gasteiger partial charge is 0.297 e. The minimum absolute atomic E-state index is 0.395. The molecule has 0 N–H and O–H groups in total. The fourth-order valence-corrected chi connectivity index (χ4v) is 8.69. The Balaban J connectivity index is 1.16. The Kier molecular flexibility index (Phi) is 5.68. The Hall–Kier alpha value is -0.660. The van der Waals surface area contributed by atoms with Gasteiger partial charge in [0.15, 0.2) is 11.6 Å². The second kappa shape index (κ2) is 8.04. The number of carbonyl (C=O) groups excluding carboxylic acids is 2. The molecule has 0 aromatic rings. The molecule has 0 aromatic heterocycles. The normalized spacial score (nSPS) is 49.9. The maximum Gasteiger partial charge on any atom is 0.159 e. The standard InChI is InChI=1S/C28H44O2/c1-19-3-7-21(8-4-19)23-11-15-27(16-12-23)25(29)28(26(27)30)17-13-24(14-18-28)22-9-5-20(2)6-10-22/h19-24H,3-18H2,1-2H3/t19-,20-,21-,22-,23?,24?,27?,28?. The summed E-state index contributed by atoms with van der Waals surface area (Å²) < 4.78 is 0. The predicted molar refractivity (Wildman–Crippen MR) is 121 cm³/mol. The average Bonchev–Trinajstić information content (AvgIpc) is 2.79. The van der Waals surface area contributed by atoms with E-state index in [-0.39, 0.29) is 0 Å². The second-order valence-corrected chi connectivity index (χ2v) is 12.5. The highest BCUT2D eigenvalue weighted by Crippen LogP contribution is 2.62. The Bertz CT molecular complexity index is 572. The van der Waals surface area contributed by atoms with E-state index < -0.39 is 10.8 Å². The molecule has 168 valence electrons. The highest BCUT2D eigenvalue weighted by atomic mass is 16.2. The third kappa shape index (κ3) is 3.34. The molecule has 0 aliphatic heterocycles. The van der Waals surface area contributed by atoms with Crippen molar-refractivity contribution >= 4 is 11.6 Å². The maximum atomic E-state index is 13.6. The van der Waals surface area contributed by atoms with Gasteiger partial charge in [0, 0.05) is 0 Å². The van der Waals surface area contributed by atoms with Crippen molar-refractivity contribution in [3.63, 3.8) is 0 Å². The monoisotopic (exact) mass is 412 g/mol. The lowest BCUT2D eigenvalue weighted by atomic mass is 9.41. The van der Waals surface area contributed by atoms with Crippen LogP contribution in [0.3, 0.4) is 0 Å². The minimum atomic E-state index is -0.536. The van der Waals surface area contributed by atoms with E-state index in [2.05, 4.69) is 13.8 Å². The number of hydrogen-bond donors (Lipinski definition) is 0. The van der Waals surface area contributed by atoms with Crippen molar-refractivity contribution in [2.24, 2.45) is 46.3 Å². The topological polar surface area (TPSA) is 34.1 Å². The summed E-state index contributed by atoms with van der Waals surface area (Å²) in [4.78, 5) is 27.1. The first-order valence-electron chi connectivity index (χ1n) is 13.5. The molecule has 0 aromatic carbocycles. The number of Topliss-reactive ketones (excluding diaryl/α,β-unsaturated/α-hetero) is 2. The van der Waals surface area contributed by atoms with Crippen LogP contribution in [-0.4, -0.2) is 11.6 Å². The van der Waals surface area contributed by atoms with Crippen LogP contribution < -0.4 is 0 Å². The van der Waals surface area contributed by atoms with Crippen molar-refractivity contribution in [3.05, 3.63) is 0 Å². The molecule has 0 bridgehead atoms.